The van der Waals surface area contributed by atoms with Gasteiger partial charge in [-0.2, -0.15) is 0 Å². The smallest absolute Gasteiger partial charge is 0.244 e. The molecule has 0 saturated heterocycles. The van der Waals surface area contributed by atoms with Crippen LogP contribution in [-0.2, 0) is 4.79 Å². The molecule has 0 unspecified atom stereocenters. The van der Waals surface area contributed by atoms with Crippen molar-refractivity contribution >= 4 is 12.0 Å². The lowest BCUT2D eigenvalue weighted by Crippen LogP contribution is -2.25. The van der Waals surface area contributed by atoms with Crippen LogP contribution in [0.15, 0.2) is 36.4 Å². The van der Waals surface area contributed by atoms with Crippen molar-refractivity contribution in [2.75, 3.05) is 6.54 Å². The highest BCUT2D eigenvalue weighted by Gasteiger charge is 1.96. The molecule has 1 aromatic carbocycles. The Labute approximate surface area is 91.0 Å². The van der Waals surface area contributed by atoms with Crippen molar-refractivity contribution in [1.82, 2.24) is 5.32 Å². The molecule has 80 valence electrons. The van der Waals surface area contributed by atoms with Crippen molar-refractivity contribution in [2.45, 2.75) is 13.8 Å². The number of hydrogen-bond donors (Lipinski definition) is 1. The van der Waals surface area contributed by atoms with E-state index in [2.05, 4.69) is 19.2 Å². The van der Waals surface area contributed by atoms with Gasteiger partial charge in [-0.05, 0) is 17.6 Å². The Kier molecular flexibility index (Phi) is 4.61. The first-order valence-corrected chi connectivity index (χ1v) is 5.19. The van der Waals surface area contributed by atoms with Gasteiger partial charge in [0.2, 0.25) is 5.91 Å². The summed E-state index contributed by atoms with van der Waals surface area (Å²) in [6, 6.07) is 9.78. The summed E-state index contributed by atoms with van der Waals surface area (Å²) in [5.41, 5.74) is 1.04. The molecule has 1 rings (SSSR count). The fourth-order valence-electron chi connectivity index (χ4n) is 1.10. The number of benzene rings is 1. The monoisotopic (exact) mass is 203 g/mol. The van der Waals surface area contributed by atoms with Crippen molar-refractivity contribution in [2.24, 2.45) is 5.92 Å². The fraction of sp³-hybridized carbons (Fsp3) is 0.308. The number of rotatable bonds is 4. The van der Waals surface area contributed by atoms with E-state index in [4.69, 9.17) is 0 Å². The average Bonchev–Trinajstić information content (AvgIpc) is 2.25. The summed E-state index contributed by atoms with van der Waals surface area (Å²) in [5, 5.41) is 2.83. The topological polar surface area (TPSA) is 29.1 Å². The summed E-state index contributed by atoms with van der Waals surface area (Å²) in [7, 11) is 0. The first-order chi connectivity index (χ1) is 7.18. The lowest BCUT2D eigenvalue weighted by molar-refractivity contribution is -0.116. The average molecular weight is 203 g/mol. The molecule has 0 saturated carbocycles. The van der Waals surface area contributed by atoms with Gasteiger partial charge in [0.15, 0.2) is 0 Å². The number of amides is 1. The van der Waals surface area contributed by atoms with Gasteiger partial charge in [0.25, 0.3) is 0 Å². The third-order valence-corrected chi connectivity index (χ3v) is 1.91. The summed E-state index contributed by atoms with van der Waals surface area (Å²) in [6.07, 6.45) is 3.38. The van der Waals surface area contributed by atoms with Gasteiger partial charge in [-0.25, -0.2) is 0 Å². The first-order valence-electron chi connectivity index (χ1n) is 5.19. The molecule has 0 aliphatic carbocycles. The summed E-state index contributed by atoms with van der Waals surface area (Å²) >= 11 is 0. The quantitative estimate of drug-likeness (QED) is 0.748. The van der Waals surface area contributed by atoms with Crippen LogP contribution in [0.4, 0.5) is 0 Å². The molecule has 1 amide bonds. The molecule has 15 heavy (non-hydrogen) atoms. The minimum Gasteiger partial charge on any atom is -0.352 e. The molecule has 0 aromatic heterocycles. The Morgan fingerprint density at radius 1 is 1.33 bits per heavy atom. The SMILES string of the molecule is CC(C)CNC(=O)/C=C\c1ccccc1. The van der Waals surface area contributed by atoms with Crippen LogP contribution in [0.1, 0.15) is 19.4 Å². The van der Waals surface area contributed by atoms with E-state index in [0.717, 1.165) is 12.1 Å². The predicted molar refractivity (Wildman–Crippen MR) is 63.3 cm³/mol. The zero-order valence-corrected chi connectivity index (χ0v) is 9.23. The minimum absolute atomic E-state index is 0.0347. The van der Waals surface area contributed by atoms with Gasteiger partial charge in [0, 0.05) is 12.6 Å². The summed E-state index contributed by atoms with van der Waals surface area (Å²) < 4.78 is 0. The van der Waals surface area contributed by atoms with Crippen molar-refractivity contribution < 1.29 is 4.79 Å². The van der Waals surface area contributed by atoms with Crippen molar-refractivity contribution in [1.29, 1.82) is 0 Å². The summed E-state index contributed by atoms with van der Waals surface area (Å²) in [5.74, 6) is 0.451. The van der Waals surface area contributed by atoms with Crippen molar-refractivity contribution in [3.8, 4) is 0 Å². The second-order valence-corrected chi connectivity index (χ2v) is 3.88. The maximum absolute atomic E-state index is 11.3. The molecule has 2 nitrogen and oxygen atoms in total. The van der Waals surface area contributed by atoms with Gasteiger partial charge in [0.05, 0.1) is 0 Å². The van der Waals surface area contributed by atoms with Crippen LogP contribution < -0.4 is 5.32 Å². The van der Waals surface area contributed by atoms with E-state index in [1.54, 1.807) is 6.08 Å². The molecule has 0 aliphatic heterocycles. The van der Waals surface area contributed by atoms with Crippen LogP contribution in [0, 0.1) is 5.92 Å². The highest BCUT2D eigenvalue weighted by Crippen LogP contribution is 2.00. The van der Waals surface area contributed by atoms with Gasteiger partial charge in [-0.1, -0.05) is 44.2 Å². The van der Waals surface area contributed by atoms with Crippen LogP contribution in [0.25, 0.3) is 6.08 Å². The Balaban J connectivity index is 2.41. The van der Waals surface area contributed by atoms with Crippen LogP contribution in [0.5, 0.6) is 0 Å². The van der Waals surface area contributed by atoms with Gasteiger partial charge in [-0.15, -0.1) is 0 Å². The molecular formula is C13H17NO. The third kappa shape index (κ3) is 5.01. The van der Waals surface area contributed by atoms with Crippen LogP contribution in [0.3, 0.4) is 0 Å². The molecule has 2 heteroatoms. The van der Waals surface area contributed by atoms with Gasteiger partial charge >= 0.3 is 0 Å². The van der Waals surface area contributed by atoms with E-state index < -0.39 is 0 Å². The number of hydrogen-bond acceptors (Lipinski definition) is 1. The van der Waals surface area contributed by atoms with Gasteiger partial charge in [0.1, 0.15) is 0 Å². The maximum Gasteiger partial charge on any atom is 0.244 e. The van der Waals surface area contributed by atoms with E-state index in [9.17, 15) is 4.79 Å². The summed E-state index contributed by atoms with van der Waals surface area (Å²) in [4.78, 5) is 11.3. The lowest BCUT2D eigenvalue weighted by Gasteiger charge is -2.04. The van der Waals surface area contributed by atoms with Crippen LogP contribution in [0.2, 0.25) is 0 Å². The molecule has 1 N–H and O–H groups in total. The van der Waals surface area contributed by atoms with Crippen molar-refractivity contribution in [3.63, 3.8) is 0 Å². The Morgan fingerprint density at radius 3 is 2.60 bits per heavy atom. The normalized spacial score (nSPS) is 10.9. The Hall–Kier alpha value is -1.57. The number of nitrogens with one attached hydrogen (secondary N) is 1. The minimum atomic E-state index is -0.0347. The molecule has 0 aliphatic rings. The van der Waals surface area contributed by atoms with E-state index in [-0.39, 0.29) is 5.91 Å². The fourth-order valence-corrected chi connectivity index (χ4v) is 1.10. The second kappa shape index (κ2) is 6.02. The molecule has 0 radical (unpaired) electrons. The zero-order valence-electron chi connectivity index (χ0n) is 9.23. The second-order valence-electron chi connectivity index (χ2n) is 3.88. The van der Waals surface area contributed by atoms with Gasteiger partial charge < -0.3 is 5.32 Å². The maximum atomic E-state index is 11.3. The van der Waals surface area contributed by atoms with Crippen LogP contribution in [-0.4, -0.2) is 12.5 Å². The van der Waals surface area contributed by atoms with Gasteiger partial charge in [-0.3, -0.25) is 4.79 Å². The molecule has 0 heterocycles. The standard InChI is InChI=1S/C13H17NO/c1-11(2)10-14-13(15)9-8-12-6-4-3-5-7-12/h3-9,11H,10H2,1-2H3,(H,14,15)/b9-8-. The zero-order chi connectivity index (χ0) is 11.1. The number of carbonyl (C=O) groups is 1. The molecule has 1 aromatic rings. The van der Waals surface area contributed by atoms with E-state index in [1.807, 2.05) is 36.4 Å². The van der Waals surface area contributed by atoms with Crippen LogP contribution >= 0.6 is 0 Å². The van der Waals surface area contributed by atoms with E-state index in [1.165, 1.54) is 0 Å². The lowest BCUT2D eigenvalue weighted by atomic mass is 10.2. The van der Waals surface area contributed by atoms with E-state index in [0.29, 0.717) is 5.92 Å². The highest BCUT2D eigenvalue weighted by molar-refractivity contribution is 5.91. The summed E-state index contributed by atoms with van der Waals surface area (Å²) in [6.45, 7) is 4.86. The Bertz CT molecular complexity index is 328. The van der Waals surface area contributed by atoms with Crippen molar-refractivity contribution in [3.05, 3.63) is 42.0 Å². The molecule has 0 atom stereocenters. The predicted octanol–water partition coefficient (Wildman–Crippen LogP) is 2.47. The first kappa shape index (κ1) is 11.5. The largest absolute Gasteiger partial charge is 0.352 e. The molecular weight excluding hydrogens is 186 g/mol. The molecule has 0 spiro atoms. The number of carbonyl (C=O) groups excluding carboxylic acids is 1. The highest BCUT2D eigenvalue weighted by atomic mass is 16.1. The third-order valence-electron chi connectivity index (χ3n) is 1.91. The Morgan fingerprint density at radius 2 is 2.00 bits per heavy atom. The molecule has 0 bridgehead atoms. The molecule has 0 fully saturated rings. The van der Waals surface area contributed by atoms with E-state index >= 15 is 0 Å².